The van der Waals surface area contributed by atoms with Crippen LogP contribution in [0.4, 0.5) is 0 Å². The molecule has 1 aromatic heterocycles. The highest BCUT2D eigenvalue weighted by atomic mass is 32.1. The zero-order chi connectivity index (χ0) is 6.69. The second-order valence-electron chi connectivity index (χ2n) is 1.95. The van der Waals surface area contributed by atoms with Gasteiger partial charge < -0.3 is 0 Å². The van der Waals surface area contributed by atoms with Crippen molar-refractivity contribution in [1.29, 1.82) is 0 Å². The molecule has 0 fully saturated rings. The Kier molecular flexibility index (Phi) is 2.54. The van der Waals surface area contributed by atoms with Gasteiger partial charge in [-0.1, -0.05) is 6.92 Å². The van der Waals surface area contributed by atoms with E-state index in [0.717, 1.165) is 5.75 Å². The fourth-order valence-electron chi connectivity index (χ4n) is 0.556. The predicted molar refractivity (Wildman–Crippen MR) is 44.4 cm³/mol. The number of hydrogen-bond donors (Lipinski definition) is 1. The third kappa shape index (κ3) is 1.69. The summed E-state index contributed by atoms with van der Waals surface area (Å²) in [5, 5.41) is 3.18. The smallest absolute Gasteiger partial charge is 0.0961 e. The van der Waals surface area contributed by atoms with Gasteiger partial charge in [0.05, 0.1) is 5.01 Å². The number of nitrogens with zero attached hydrogens (tertiary/aromatic N) is 1. The van der Waals surface area contributed by atoms with E-state index in [1.165, 1.54) is 5.01 Å². The van der Waals surface area contributed by atoms with Crippen LogP contribution in [-0.2, 0) is 0 Å². The molecule has 50 valence electrons. The first-order valence-corrected chi connectivity index (χ1v) is 4.36. The molecule has 0 amide bonds. The molecule has 0 aliphatic rings. The molecule has 1 nitrogen and oxygen atoms in total. The van der Waals surface area contributed by atoms with Gasteiger partial charge in [-0.25, -0.2) is 4.98 Å². The quantitative estimate of drug-likeness (QED) is 0.653. The normalized spacial score (nSPS) is 13.6. The van der Waals surface area contributed by atoms with Gasteiger partial charge >= 0.3 is 0 Å². The monoisotopic (exact) mass is 159 g/mol. The SMILES string of the molecule is CC(CS)c1nccs1. The van der Waals surface area contributed by atoms with Gasteiger partial charge in [-0.05, 0) is 5.75 Å². The van der Waals surface area contributed by atoms with Crippen LogP contribution < -0.4 is 0 Å². The fourth-order valence-corrected chi connectivity index (χ4v) is 1.55. The number of rotatable bonds is 2. The summed E-state index contributed by atoms with van der Waals surface area (Å²) < 4.78 is 0. The van der Waals surface area contributed by atoms with E-state index < -0.39 is 0 Å². The molecule has 0 aromatic carbocycles. The van der Waals surface area contributed by atoms with Crippen LogP contribution in [0.5, 0.6) is 0 Å². The minimum atomic E-state index is 0.508. The van der Waals surface area contributed by atoms with Crippen molar-refractivity contribution in [2.45, 2.75) is 12.8 Å². The lowest BCUT2D eigenvalue weighted by molar-refractivity contribution is 0.869. The molecule has 0 bridgehead atoms. The van der Waals surface area contributed by atoms with Crippen molar-refractivity contribution < 1.29 is 0 Å². The highest BCUT2D eigenvalue weighted by Crippen LogP contribution is 2.17. The summed E-state index contributed by atoms with van der Waals surface area (Å²) in [7, 11) is 0. The summed E-state index contributed by atoms with van der Waals surface area (Å²) in [4.78, 5) is 4.16. The molecule has 1 heterocycles. The predicted octanol–water partition coefficient (Wildman–Crippen LogP) is 2.18. The van der Waals surface area contributed by atoms with Crippen LogP contribution in [0.2, 0.25) is 0 Å². The molecule has 9 heavy (non-hydrogen) atoms. The maximum absolute atomic E-state index is 4.17. The Morgan fingerprint density at radius 1 is 1.89 bits per heavy atom. The molecular weight excluding hydrogens is 150 g/mol. The summed E-state index contributed by atoms with van der Waals surface area (Å²) in [5.41, 5.74) is 0. The summed E-state index contributed by atoms with van der Waals surface area (Å²) in [6.07, 6.45) is 1.83. The van der Waals surface area contributed by atoms with E-state index in [4.69, 9.17) is 0 Å². The van der Waals surface area contributed by atoms with Crippen LogP contribution in [0, 0.1) is 0 Å². The zero-order valence-corrected chi connectivity index (χ0v) is 6.95. The van der Waals surface area contributed by atoms with E-state index in [0.29, 0.717) is 5.92 Å². The molecular formula is C6H9NS2. The van der Waals surface area contributed by atoms with E-state index in [1.807, 2.05) is 11.6 Å². The molecule has 3 heteroatoms. The molecule has 1 unspecified atom stereocenters. The van der Waals surface area contributed by atoms with Crippen molar-refractivity contribution in [2.75, 3.05) is 5.75 Å². The van der Waals surface area contributed by atoms with Gasteiger partial charge in [-0.3, -0.25) is 0 Å². The lowest BCUT2D eigenvalue weighted by atomic mass is 10.2. The van der Waals surface area contributed by atoms with E-state index >= 15 is 0 Å². The number of thiol groups is 1. The van der Waals surface area contributed by atoms with E-state index in [9.17, 15) is 0 Å². The van der Waals surface area contributed by atoms with E-state index in [-0.39, 0.29) is 0 Å². The average Bonchev–Trinajstić information content (AvgIpc) is 2.37. The highest BCUT2D eigenvalue weighted by Gasteiger charge is 2.03. The highest BCUT2D eigenvalue weighted by molar-refractivity contribution is 7.80. The second kappa shape index (κ2) is 3.22. The van der Waals surface area contributed by atoms with Gasteiger partial charge in [0.25, 0.3) is 0 Å². The standard InChI is InChI=1S/C6H9NS2/c1-5(4-8)6-7-2-3-9-6/h2-3,5,8H,4H2,1H3. The van der Waals surface area contributed by atoms with Crippen molar-refractivity contribution in [2.24, 2.45) is 0 Å². The summed E-state index contributed by atoms with van der Waals surface area (Å²) in [5.74, 6) is 1.39. The van der Waals surface area contributed by atoms with Crippen LogP contribution >= 0.6 is 24.0 Å². The van der Waals surface area contributed by atoms with Gasteiger partial charge in [-0.15, -0.1) is 11.3 Å². The Morgan fingerprint density at radius 2 is 2.67 bits per heavy atom. The van der Waals surface area contributed by atoms with Gasteiger partial charge in [0.15, 0.2) is 0 Å². The first-order valence-electron chi connectivity index (χ1n) is 2.85. The van der Waals surface area contributed by atoms with Crippen LogP contribution in [0.15, 0.2) is 11.6 Å². The molecule has 0 radical (unpaired) electrons. The Bertz CT molecular complexity index is 160. The molecule has 0 saturated heterocycles. The van der Waals surface area contributed by atoms with Crippen molar-refractivity contribution >= 4 is 24.0 Å². The van der Waals surface area contributed by atoms with E-state index in [1.54, 1.807) is 11.3 Å². The minimum Gasteiger partial charge on any atom is -0.249 e. The van der Waals surface area contributed by atoms with Crippen molar-refractivity contribution in [1.82, 2.24) is 4.98 Å². The van der Waals surface area contributed by atoms with Crippen LogP contribution in [0.1, 0.15) is 17.8 Å². The number of hydrogen-bond acceptors (Lipinski definition) is 3. The van der Waals surface area contributed by atoms with Gasteiger partial charge in [0.2, 0.25) is 0 Å². The van der Waals surface area contributed by atoms with Crippen LogP contribution in [0.3, 0.4) is 0 Å². The van der Waals surface area contributed by atoms with Crippen LogP contribution in [-0.4, -0.2) is 10.7 Å². The zero-order valence-electron chi connectivity index (χ0n) is 5.24. The van der Waals surface area contributed by atoms with Crippen molar-refractivity contribution in [3.63, 3.8) is 0 Å². The molecule has 0 aliphatic carbocycles. The second-order valence-corrected chi connectivity index (χ2v) is 3.25. The van der Waals surface area contributed by atoms with Crippen molar-refractivity contribution in [3.05, 3.63) is 16.6 Å². The summed E-state index contributed by atoms with van der Waals surface area (Å²) in [6.45, 7) is 2.13. The molecule has 1 aromatic rings. The molecule has 0 N–H and O–H groups in total. The fraction of sp³-hybridized carbons (Fsp3) is 0.500. The van der Waals surface area contributed by atoms with Crippen LogP contribution in [0.25, 0.3) is 0 Å². The Labute approximate surface area is 64.5 Å². The maximum atomic E-state index is 4.17. The molecule has 0 spiro atoms. The Hall–Kier alpha value is -0.0200. The largest absolute Gasteiger partial charge is 0.249 e. The first-order chi connectivity index (χ1) is 4.34. The summed E-state index contributed by atoms with van der Waals surface area (Å²) in [6, 6.07) is 0. The third-order valence-corrected chi connectivity index (χ3v) is 2.70. The molecule has 1 rings (SSSR count). The molecule has 0 aliphatic heterocycles. The average molecular weight is 159 g/mol. The molecule has 1 atom stereocenters. The van der Waals surface area contributed by atoms with Gasteiger partial charge in [-0.2, -0.15) is 12.6 Å². The number of aromatic nitrogens is 1. The van der Waals surface area contributed by atoms with Crippen molar-refractivity contribution in [3.8, 4) is 0 Å². The Morgan fingerprint density at radius 3 is 3.11 bits per heavy atom. The third-order valence-electron chi connectivity index (χ3n) is 1.15. The molecule has 0 saturated carbocycles. The number of thiazole rings is 1. The first kappa shape index (κ1) is 7.09. The topological polar surface area (TPSA) is 12.9 Å². The minimum absolute atomic E-state index is 0.508. The maximum Gasteiger partial charge on any atom is 0.0961 e. The van der Waals surface area contributed by atoms with Gasteiger partial charge in [0.1, 0.15) is 0 Å². The lowest BCUT2D eigenvalue weighted by Crippen LogP contribution is -1.91. The summed E-state index contributed by atoms with van der Waals surface area (Å²) >= 11 is 5.86. The Balaban J connectivity index is 2.65. The lowest BCUT2D eigenvalue weighted by Gasteiger charge is -1.99. The van der Waals surface area contributed by atoms with Gasteiger partial charge in [0, 0.05) is 17.5 Å². The van der Waals surface area contributed by atoms with E-state index in [2.05, 4.69) is 24.5 Å².